The van der Waals surface area contributed by atoms with Crippen molar-refractivity contribution in [2.45, 2.75) is 17.4 Å². The quantitative estimate of drug-likeness (QED) is 0.307. The first kappa shape index (κ1) is 19.8. The van der Waals surface area contributed by atoms with Crippen molar-refractivity contribution in [3.63, 3.8) is 0 Å². The third kappa shape index (κ3) is 3.48. The van der Waals surface area contributed by atoms with E-state index < -0.39 is 6.04 Å². The average Bonchev–Trinajstić information content (AvgIpc) is 3.27. The fraction of sp³-hybridized carbons (Fsp3) is 0.150. The molecule has 0 aliphatic carbocycles. The molecule has 3 aromatic heterocycles. The van der Waals surface area contributed by atoms with Crippen molar-refractivity contribution in [3.05, 3.63) is 70.0 Å². The van der Waals surface area contributed by atoms with E-state index in [0.717, 1.165) is 10.9 Å². The maximum Gasteiger partial charge on any atom is 0.264 e. The van der Waals surface area contributed by atoms with Crippen LogP contribution in [0.5, 0.6) is 0 Å². The van der Waals surface area contributed by atoms with Crippen molar-refractivity contribution in [1.82, 2.24) is 19.7 Å². The summed E-state index contributed by atoms with van der Waals surface area (Å²) >= 11 is 2.24. The molecule has 0 aliphatic rings. The van der Waals surface area contributed by atoms with Gasteiger partial charge in [-0.1, -0.05) is 45.9 Å². The molecular weight excluding hydrogens is 497 g/mol. The van der Waals surface area contributed by atoms with E-state index in [-0.39, 0.29) is 22.9 Å². The van der Waals surface area contributed by atoms with Gasteiger partial charge in [-0.25, -0.2) is 4.98 Å². The van der Waals surface area contributed by atoms with Gasteiger partial charge in [0.1, 0.15) is 23.7 Å². The zero-order valence-electron chi connectivity index (χ0n) is 15.8. The van der Waals surface area contributed by atoms with Gasteiger partial charge in [-0.15, -0.1) is 0 Å². The molecule has 3 heterocycles. The van der Waals surface area contributed by atoms with Crippen LogP contribution in [0.4, 0.5) is 11.8 Å². The van der Waals surface area contributed by atoms with Crippen LogP contribution in [-0.4, -0.2) is 19.7 Å². The van der Waals surface area contributed by atoms with Gasteiger partial charge in [0.05, 0.1) is 23.3 Å². The lowest BCUT2D eigenvalue weighted by atomic mass is 10.0. The second-order valence-corrected chi connectivity index (χ2v) is 7.31. The van der Waals surface area contributed by atoms with Gasteiger partial charge in [-0.05, 0) is 23.9 Å². The Labute approximate surface area is 184 Å². The summed E-state index contributed by atoms with van der Waals surface area (Å²) in [6.45, 7) is 1.86. The van der Waals surface area contributed by atoms with E-state index in [1.165, 1.54) is 17.0 Å². The number of aromatic nitrogens is 4. The Morgan fingerprint density at radius 1 is 1.40 bits per heavy atom. The molecule has 150 valence electrons. The molecule has 4 aromatic rings. The summed E-state index contributed by atoms with van der Waals surface area (Å²) in [6.07, 6.45) is 2.77. The number of benzene rings is 1. The monoisotopic (exact) mass is 513 g/mol. The molecule has 0 radical (unpaired) electrons. The van der Waals surface area contributed by atoms with Crippen LogP contribution in [0, 0.1) is 11.3 Å². The normalized spacial score (nSPS) is 11.9. The van der Waals surface area contributed by atoms with E-state index in [1.807, 2.05) is 37.3 Å². The molecule has 0 saturated carbocycles. The number of nitrogen functional groups attached to an aromatic ring is 1. The number of nitrogens with zero attached hydrogens (tertiary/aromatic N) is 5. The van der Waals surface area contributed by atoms with Crippen LogP contribution < -0.4 is 16.6 Å². The molecule has 30 heavy (non-hydrogen) atoms. The molecule has 0 bridgehead atoms. The smallest absolute Gasteiger partial charge is 0.264 e. The highest BCUT2D eigenvalue weighted by Gasteiger charge is 2.20. The van der Waals surface area contributed by atoms with Gasteiger partial charge in [0.15, 0.2) is 5.82 Å². The third-order valence-electron chi connectivity index (χ3n) is 4.68. The fourth-order valence-corrected chi connectivity index (χ4v) is 3.94. The summed E-state index contributed by atoms with van der Waals surface area (Å²) in [7, 11) is 0. The molecule has 4 rings (SSSR count). The highest BCUT2D eigenvalue weighted by molar-refractivity contribution is 14.1. The Morgan fingerprint density at radius 3 is 2.93 bits per heavy atom. The number of hydrogen-bond donors (Lipinski definition) is 2. The number of hydrogen-bond acceptors (Lipinski definition) is 8. The van der Waals surface area contributed by atoms with Crippen molar-refractivity contribution < 1.29 is 4.52 Å². The Kier molecular flexibility index (Phi) is 5.37. The molecule has 0 amide bonds. The van der Waals surface area contributed by atoms with E-state index in [4.69, 9.17) is 10.3 Å². The van der Waals surface area contributed by atoms with Crippen molar-refractivity contribution in [2.24, 2.45) is 0 Å². The minimum atomic E-state index is -0.413. The van der Waals surface area contributed by atoms with Gasteiger partial charge in [-0.2, -0.15) is 10.2 Å². The standard InChI is InChI=1S/C20H16IN7O2/c1-11(25-18-14(9-22)10-24-20(23)26-18)15-7-12-3-2-4-13(8-21)17(12)19(29)28(15)16-5-6-30-27-16/h2-7,10-11H,8H2,1H3,(H3,23,24,25,26)/t11-/m0/s1. The maximum absolute atomic E-state index is 13.5. The summed E-state index contributed by atoms with van der Waals surface area (Å²) in [5.41, 5.74) is 7.31. The topological polar surface area (TPSA) is 136 Å². The zero-order chi connectivity index (χ0) is 21.3. The van der Waals surface area contributed by atoms with Crippen LogP contribution in [-0.2, 0) is 4.43 Å². The molecule has 0 aliphatic heterocycles. The highest BCUT2D eigenvalue weighted by Crippen LogP contribution is 2.26. The predicted molar refractivity (Wildman–Crippen MR) is 121 cm³/mol. The molecule has 0 saturated heterocycles. The summed E-state index contributed by atoms with van der Waals surface area (Å²) < 4.78 is 7.19. The van der Waals surface area contributed by atoms with Crippen LogP contribution in [0.3, 0.4) is 0 Å². The minimum Gasteiger partial charge on any atom is -0.368 e. The Hall–Kier alpha value is -3.46. The minimum absolute atomic E-state index is 0.0443. The molecule has 0 unspecified atom stereocenters. The van der Waals surface area contributed by atoms with Gasteiger partial charge in [-0.3, -0.25) is 9.36 Å². The first-order valence-electron chi connectivity index (χ1n) is 8.97. The largest absolute Gasteiger partial charge is 0.368 e. The molecule has 9 nitrogen and oxygen atoms in total. The SMILES string of the molecule is C[C@H](Nc1nc(N)ncc1C#N)c1cc2cccc(CI)c2c(=O)n1-c1ccon1. The van der Waals surface area contributed by atoms with Crippen molar-refractivity contribution in [2.75, 3.05) is 11.1 Å². The molecule has 0 spiro atoms. The lowest BCUT2D eigenvalue weighted by molar-refractivity contribution is 0.415. The van der Waals surface area contributed by atoms with Gasteiger partial charge < -0.3 is 15.6 Å². The van der Waals surface area contributed by atoms with Gasteiger partial charge in [0, 0.05) is 10.5 Å². The number of rotatable bonds is 5. The number of nitrogens with one attached hydrogen (secondary N) is 1. The molecule has 10 heteroatoms. The van der Waals surface area contributed by atoms with E-state index in [0.29, 0.717) is 21.3 Å². The maximum atomic E-state index is 13.5. The molecule has 1 atom stereocenters. The average molecular weight is 513 g/mol. The van der Waals surface area contributed by atoms with Gasteiger partial charge in [0.2, 0.25) is 5.95 Å². The predicted octanol–water partition coefficient (Wildman–Crippen LogP) is 3.33. The van der Waals surface area contributed by atoms with Crippen molar-refractivity contribution in [1.29, 1.82) is 5.26 Å². The number of halogens is 1. The molecular formula is C20H16IN7O2. The van der Waals surface area contributed by atoms with E-state index in [1.54, 1.807) is 6.07 Å². The summed E-state index contributed by atoms with van der Waals surface area (Å²) in [6, 6.07) is 10.9. The van der Waals surface area contributed by atoms with Crippen LogP contribution in [0.25, 0.3) is 16.6 Å². The van der Waals surface area contributed by atoms with E-state index in [9.17, 15) is 10.1 Å². The first-order chi connectivity index (χ1) is 14.5. The lowest BCUT2D eigenvalue weighted by Crippen LogP contribution is -2.26. The summed E-state index contributed by atoms with van der Waals surface area (Å²) in [5, 5.41) is 17.9. The Morgan fingerprint density at radius 2 is 2.23 bits per heavy atom. The molecule has 3 N–H and O–H groups in total. The molecule has 0 fully saturated rings. The van der Waals surface area contributed by atoms with Crippen molar-refractivity contribution >= 4 is 45.1 Å². The highest BCUT2D eigenvalue weighted by atomic mass is 127. The van der Waals surface area contributed by atoms with Crippen molar-refractivity contribution in [3.8, 4) is 11.9 Å². The van der Waals surface area contributed by atoms with E-state index >= 15 is 0 Å². The van der Waals surface area contributed by atoms with Crippen LogP contribution >= 0.6 is 22.6 Å². The number of nitriles is 1. The number of alkyl halides is 1. The van der Waals surface area contributed by atoms with Crippen LogP contribution in [0.15, 0.2) is 52.1 Å². The fourth-order valence-electron chi connectivity index (χ4n) is 3.31. The first-order valence-corrected chi connectivity index (χ1v) is 10.5. The van der Waals surface area contributed by atoms with Crippen LogP contribution in [0.2, 0.25) is 0 Å². The summed E-state index contributed by atoms with van der Waals surface area (Å²) in [5.74, 6) is 0.706. The van der Waals surface area contributed by atoms with Crippen LogP contribution in [0.1, 0.15) is 29.8 Å². The zero-order valence-corrected chi connectivity index (χ0v) is 18.0. The molecule has 1 aromatic carbocycles. The Bertz CT molecular complexity index is 1330. The summed E-state index contributed by atoms with van der Waals surface area (Å²) in [4.78, 5) is 21.5. The number of nitrogens with two attached hydrogens (primary N) is 1. The third-order valence-corrected chi connectivity index (χ3v) is 5.51. The number of fused-ring (bicyclic) bond motifs is 1. The second kappa shape index (κ2) is 8.11. The second-order valence-electron chi connectivity index (χ2n) is 6.55. The Balaban J connectivity index is 1.92. The van der Waals surface area contributed by atoms with E-state index in [2.05, 4.69) is 43.0 Å². The van der Waals surface area contributed by atoms with Gasteiger partial charge in [0.25, 0.3) is 5.56 Å². The number of pyridine rings is 1. The number of anilines is 2. The lowest BCUT2D eigenvalue weighted by Gasteiger charge is -2.20. The van der Waals surface area contributed by atoms with Gasteiger partial charge >= 0.3 is 0 Å².